The van der Waals surface area contributed by atoms with Crippen LogP contribution in [0.25, 0.3) is 11.1 Å². The second-order valence-electron chi connectivity index (χ2n) is 2.26. The summed E-state index contributed by atoms with van der Waals surface area (Å²) < 4.78 is 8.15. The monoisotopic (exact) mass is 180 g/mol. The van der Waals surface area contributed by atoms with Crippen LogP contribution in [0.2, 0.25) is 0 Å². The van der Waals surface area contributed by atoms with E-state index in [-0.39, 0.29) is 0 Å². The summed E-state index contributed by atoms with van der Waals surface area (Å²) in [5, 5.41) is 0. The third-order valence-electron chi connectivity index (χ3n) is 1.54. The second kappa shape index (κ2) is 3.16. The largest absolute Gasteiger partial charge is 0.443 e. The first-order valence-corrected chi connectivity index (χ1v) is 4.39. The van der Waals surface area contributed by atoms with Crippen molar-refractivity contribution < 1.29 is 4.42 Å². The summed E-state index contributed by atoms with van der Waals surface area (Å²) in [6.45, 7) is 0. The summed E-state index contributed by atoms with van der Waals surface area (Å²) in [5.74, 6) is 0. The van der Waals surface area contributed by atoms with E-state index in [0.717, 1.165) is 16.0 Å². The minimum absolute atomic E-state index is 0.829. The molecule has 0 fully saturated rings. The lowest BCUT2D eigenvalue weighted by atomic mass is 10.3. The van der Waals surface area contributed by atoms with Crippen molar-refractivity contribution in [2.75, 3.05) is 7.05 Å². The highest BCUT2D eigenvalue weighted by Crippen LogP contribution is 2.23. The van der Waals surface area contributed by atoms with Crippen molar-refractivity contribution >= 4 is 23.0 Å². The van der Waals surface area contributed by atoms with E-state index in [2.05, 4.69) is 9.71 Å². The summed E-state index contributed by atoms with van der Waals surface area (Å²) in [4.78, 5) is 5.20. The van der Waals surface area contributed by atoms with Crippen LogP contribution in [-0.4, -0.2) is 12.0 Å². The Balaban J connectivity index is 2.57. The van der Waals surface area contributed by atoms with Gasteiger partial charge in [0.15, 0.2) is 12.0 Å². The van der Waals surface area contributed by atoms with Gasteiger partial charge in [-0.2, -0.15) is 0 Å². The topological polar surface area (TPSA) is 38.1 Å². The van der Waals surface area contributed by atoms with Crippen molar-refractivity contribution in [2.45, 2.75) is 4.90 Å². The fourth-order valence-electron chi connectivity index (χ4n) is 1.05. The number of nitrogens with zero attached hydrogens (tertiary/aromatic N) is 1. The number of benzene rings is 1. The highest BCUT2D eigenvalue weighted by molar-refractivity contribution is 7.97. The quantitative estimate of drug-likeness (QED) is 0.718. The van der Waals surface area contributed by atoms with Crippen LogP contribution >= 0.6 is 11.9 Å². The first kappa shape index (κ1) is 7.64. The van der Waals surface area contributed by atoms with Crippen molar-refractivity contribution in [3.8, 4) is 0 Å². The third kappa shape index (κ3) is 1.19. The van der Waals surface area contributed by atoms with E-state index >= 15 is 0 Å². The summed E-state index contributed by atoms with van der Waals surface area (Å²) in [6, 6.07) is 5.86. The van der Waals surface area contributed by atoms with Gasteiger partial charge in [-0.05, 0) is 31.1 Å². The Morgan fingerprint density at radius 1 is 1.50 bits per heavy atom. The number of hydrogen-bond donors (Lipinski definition) is 1. The number of nitrogens with one attached hydrogen (secondary N) is 1. The van der Waals surface area contributed by atoms with Crippen LogP contribution in [0, 0.1) is 0 Å². The zero-order valence-corrected chi connectivity index (χ0v) is 7.39. The van der Waals surface area contributed by atoms with Gasteiger partial charge in [-0.3, -0.25) is 4.72 Å². The van der Waals surface area contributed by atoms with E-state index in [1.165, 1.54) is 18.3 Å². The number of oxazole rings is 1. The van der Waals surface area contributed by atoms with Crippen LogP contribution in [0.5, 0.6) is 0 Å². The Morgan fingerprint density at radius 3 is 3.25 bits per heavy atom. The van der Waals surface area contributed by atoms with E-state index < -0.39 is 0 Å². The number of rotatable bonds is 2. The summed E-state index contributed by atoms with van der Waals surface area (Å²) in [5.41, 5.74) is 1.74. The molecule has 3 nitrogen and oxygen atoms in total. The Kier molecular flexibility index (Phi) is 2.01. The molecule has 0 bridgehead atoms. The molecule has 1 N–H and O–H groups in total. The normalized spacial score (nSPS) is 10.8. The predicted octanol–water partition coefficient (Wildman–Crippen LogP) is 2.05. The summed E-state index contributed by atoms with van der Waals surface area (Å²) >= 11 is 1.54. The van der Waals surface area contributed by atoms with Gasteiger partial charge in [0, 0.05) is 0 Å². The van der Waals surface area contributed by atoms with Gasteiger partial charge in [0.25, 0.3) is 0 Å². The number of fused-ring (bicyclic) bond motifs is 1. The fraction of sp³-hybridized carbons (Fsp3) is 0.125. The van der Waals surface area contributed by atoms with Crippen molar-refractivity contribution in [2.24, 2.45) is 0 Å². The standard InChI is InChI=1S/C8H8N2OS/c1-9-12-7-4-2-3-6-8(7)10-5-11-6/h2-5,9H,1H3. The average Bonchev–Trinajstić information content (AvgIpc) is 2.53. The van der Waals surface area contributed by atoms with Gasteiger partial charge < -0.3 is 4.42 Å². The molecule has 0 aliphatic heterocycles. The third-order valence-corrected chi connectivity index (χ3v) is 2.29. The molecule has 1 aromatic carbocycles. The lowest BCUT2D eigenvalue weighted by Gasteiger charge is -1.97. The minimum Gasteiger partial charge on any atom is -0.443 e. The first-order chi connectivity index (χ1) is 5.92. The minimum atomic E-state index is 0.829. The number of hydrogen-bond acceptors (Lipinski definition) is 4. The van der Waals surface area contributed by atoms with Gasteiger partial charge in [0.2, 0.25) is 0 Å². The molecule has 0 atom stereocenters. The van der Waals surface area contributed by atoms with Gasteiger partial charge in [-0.25, -0.2) is 4.98 Å². The molecule has 62 valence electrons. The smallest absolute Gasteiger partial charge is 0.182 e. The molecular formula is C8H8N2OS. The van der Waals surface area contributed by atoms with Crippen LogP contribution in [-0.2, 0) is 0 Å². The first-order valence-electron chi connectivity index (χ1n) is 3.57. The molecule has 1 aromatic heterocycles. The van der Waals surface area contributed by atoms with Gasteiger partial charge in [-0.1, -0.05) is 6.07 Å². The van der Waals surface area contributed by atoms with Crippen LogP contribution in [0.1, 0.15) is 0 Å². The zero-order chi connectivity index (χ0) is 8.39. The highest BCUT2D eigenvalue weighted by Gasteiger charge is 2.03. The van der Waals surface area contributed by atoms with Crippen molar-refractivity contribution in [3.05, 3.63) is 24.6 Å². The molecule has 0 saturated carbocycles. The number of aromatic nitrogens is 1. The molecule has 0 spiro atoms. The molecule has 4 heteroatoms. The molecule has 1 heterocycles. The number of para-hydroxylation sites is 1. The van der Waals surface area contributed by atoms with Crippen LogP contribution in [0.3, 0.4) is 0 Å². The lowest BCUT2D eigenvalue weighted by Crippen LogP contribution is -1.90. The predicted molar refractivity (Wildman–Crippen MR) is 48.9 cm³/mol. The Bertz CT molecular complexity index is 385. The van der Waals surface area contributed by atoms with Crippen LogP contribution < -0.4 is 4.72 Å². The molecule has 0 aliphatic carbocycles. The van der Waals surface area contributed by atoms with Crippen molar-refractivity contribution in [3.63, 3.8) is 0 Å². The lowest BCUT2D eigenvalue weighted by molar-refractivity contribution is 0.602. The Morgan fingerprint density at radius 2 is 2.42 bits per heavy atom. The average molecular weight is 180 g/mol. The molecule has 2 aromatic rings. The maximum atomic E-state index is 5.15. The molecule has 2 rings (SSSR count). The van der Waals surface area contributed by atoms with Gasteiger partial charge in [0.05, 0.1) is 4.90 Å². The van der Waals surface area contributed by atoms with Crippen molar-refractivity contribution in [1.29, 1.82) is 0 Å². The van der Waals surface area contributed by atoms with E-state index in [0.29, 0.717) is 0 Å². The molecular weight excluding hydrogens is 172 g/mol. The van der Waals surface area contributed by atoms with Crippen LogP contribution in [0.15, 0.2) is 33.9 Å². The molecule has 0 aliphatic rings. The highest BCUT2D eigenvalue weighted by atomic mass is 32.2. The van der Waals surface area contributed by atoms with Gasteiger partial charge >= 0.3 is 0 Å². The molecule has 12 heavy (non-hydrogen) atoms. The Hall–Kier alpha value is -1.00. The maximum Gasteiger partial charge on any atom is 0.182 e. The summed E-state index contributed by atoms with van der Waals surface area (Å²) in [7, 11) is 1.88. The van der Waals surface area contributed by atoms with E-state index in [1.54, 1.807) is 0 Å². The van der Waals surface area contributed by atoms with Gasteiger partial charge in [-0.15, -0.1) is 0 Å². The van der Waals surface area contributed by atoms with Gasteiger partial charge in [0.1, 0.15) is 5.52 Å². The molecule has 0 unspecified atom stereocenters. The Labute approximate surface area is 74.3 Å². The summed E-state index contributed by atoms with van der Waals surface area (Å²) in [6.07, 6.45) is 1.46. The molecule has 0 saturated heterocycles. The van der Waals surface area contributed by atoms with E-state index in [9.17, 15) is 0 Å². The van der Waals surface area contributed by atoms with Crippen LogP contribution in [0.4, 0.5) is 0 Å². The second-order valence-corrected chi connectivity index (χ2v) is 3.31. The zero-order valence-electron chi connectivity index (χ0n) is 6.57. The molecule has 0 radical (unpaired) electrons. The fourth-order valence-corrected chi connectivity index (χ4v) is 1.67. The maximum absolute atomic E-state index is 5.15. The molecule has 0 amide bonds. The van der Waals surface area contributed by atoms with Crippen molar-refractivity contribution in [1.82, 2.24) is 9.71 Å². The van der Waals surface area contributed by atoms with E-state index in [1.807, 2.05) is 25.2 Å². The van der Waals surface area contributed by atoms with E-state index in [4.69, 9.17) is 4.42 Å². The SMILES string of the molecule is CNSc1cccc2ocnc12.